The molecule has 0 saturated carbocycles. The minimum Gasteiger partial charge on any atom is -0.306 e. The normalized spacial score (nSPS) is 22.5. The van der Waals surface area contributed by atoms with Crippen LogP contribution in [0.2, 0.25) is 0 Å². The summed E-state index contributed by atoms with van der Waals surface area (Å²) in [6.45, 7) is 10.8. The molecule has 0 spiro atoms. The van der Waals surface area contributed by atoms with Crippen LogP contribution in [0.15, 0.2) is 42.5 Å². The first-order valence-corrected chi connectivity index (χ1v) is 9.99. The van der Waals surface area contributed by atoms with Crippen LogP contribution in [-0.4, -0.2) is 37.0 Å². The Balaban J connectivity index is 1.71. The molecule has 0 radical (unpaired) electrons. The molecule has 2 aliphatic heterocycles. The molecule has 4 rings (SSSR count). The Bertz CT molecular complexity index is 863. The second kappa shape index (κ2) is 6.49. The maximum absolute atomic E-state index is 13.5. The largest absolute Gasteiger partial charge is 0.306 e. The van der Waals surface area contributed by atoms with Crippen molar-refractivity contribution in [3.63, 3.8) is 0 Å². The zero-order valence-electron chi connectivity index (χ0n) is 17.1. The van der Waals surface area contributed by atoms with Gasteiger partial charge < -0.3 is 9.80 Å². The van der Waals surface area contributed by atoms with E-state index >= 15 is 0 Å². The van der Waals surface area contributed by atoms with Crippen molar-refractivity contribution in [3.05, 3.63) is 64.7 Å². The van der Waals surface area contributed by atoms with Crippen molar-refractivity contribution in [2.45, 2.75) is 51.5 Å². The molecule has 0 aliphatic carbocycles. The molecule has 142 valence electrons. The highest BCUT2D eigenvalue weighted by atomic mass is 16.2. The number of anilines is 1. The molecule has 27 heavy (non-hydrogen) atoms. The predicted molar refractivity (Wildman–Crippen MR) is 112 cm³/mol. The highest BCUT2D eigenvalue weighted by Crippen LogP contribution is 2.45. The lowest BCUT2D eigenvalue weighted by molar-refractivity contribution is 0.0964. The maximum Gasteiger partial charge on any atom is 0.258 e. The molecule has 2 unspecified atom stereocenters. The Morgan fingerprint density at radius 1 is 1.07 bits per heavy atom. The van der Waals surface area contributed by atoms with Crippen LogP contribution in [0.4, 0.5) is 5.69 Å². The Morgan fingerprint density at radius 2 is 1.78 bits per heavy atom. The number of hydrogen-bond acceptors (Lipinski definition) is 2. The standard InChI is InChI=1S/C24H30N2O/c1-16-6-11-21-19(14-16)20-15-25(5)13-12-22(20)26(21)23(27)17-7-9-18(10-8-17)24(2,3)4/h6-11,14,20,22H,12-13,15H2,1-5H3. The van der Waals surface area contributed by atoms with Crippen LogP contribution in [0.1, 0.15) is 60.2 Å². The van der Waals surface area contributed by atoms with Crippen molar-refractivity contribution in [3.8, 4) is 0 Å². The Kier molecular flexibility index (Phi) is 4.38. The summed E-state index contributed by atoms with van der Waals surface area (Å²) < 4.78 is 0. The van der Waals surface area contributed by atoms with Crippen LogP contribution in [0.3, 0.4) is 0 Å². The topological polar surface area (TPSA) is 23.6 Å². The number of hydrogen-bond donors (Lipinski definition) is 0. The zero-order chi connectivity index (χ0) is 19.3. The van der Waals surface area contributed by atoms with Crippen LogP contribution in [0.25, 0.3) is 0 Å². The van der Waals surface area contributed by atoms with E-state index in [0.717, 1.165) is 30.8 Å². The molecular formula is C24H30N2O. The van der Waals surface area contributed by atoms with Gasteiger partial charge in [-0.3, -0.25) is 4.79 Å². The molecule has 1 saturated heterocycles. The van der Waals surface area contributed by atoms with Crippen molar-refractivity contribution in [2.75, 3.05) is 25.0 Å². The third kappa shape index (κ3) is 3.19. The van der Waals surface area contributed by atoms with Crippen LogP contribution in [-0.2, 0) is 5.41 Å². The van der Waals surface area contributed by atoms with E-state index in [4.69, 9.17) is 0 Å². The van der Waals surface area contributed by atoms with E-state index in [2.05, 4.69) is 74.9 Å². The van der Waals surface area contributed by atoms with Crippen LogP contribution < -0.4 is 4.90 Å². The first kappa shape index (κ1) is 18.2. The predicted octanol–water partition coefficient (Wildman–Crippen LogP) is 4.74. The molecule has 2 heterocycles. The number of fused-ring (bicyclic) bond motifs is 3. The summed E-state index contributed by atoms with van der Waals surface area (Å²) in [6.07, 6.45) is 1.03. The number of aryl methyl sites for hydroxylation is 1. The summed E-state index contributed by atoms with van der Waals surface area (Å²) in [6, 6.07) is 15.0. The summed E-state index contributed by atoms with van der Waals surface area (Å²) in [5.74, 6) is 0.550. The van der Waals surface area contributed by atoms with E-state index in [1.54, 1.807) is 0 Å². The van der Waals surface area contributed by atoms with Crippen molar-refractivity contribution in [2.24, 2.45) is 0 Å². The molecule has 2 aliphatic rings. The molecule has 2 aromatic carbocycles. The van der Waals surface area contributed by atoms with Crippen LogP contribution in [0, 0.1) is 6.92 Å². The van der Waals surface area contributed by atoms with Crippen molar-refractivity contribution in [1.82, 2.24) is 4.90 Å². The van der Waals surface area contributed by atoms with Gasteiger partial charge in [0.15, 0.2) is 0 Å². The Morgan fingerprint density at radius 3 is 2.44 bits per heavy atom. The molecule has 0 aromatic heterocycles. The van der Waals surface area contributed by atoms with Crippen molar-refractivity contribution >= 4 is 11.6 Å². The Labute approximate surface area is 163 Å². The monoisotopic (exact) mass is 362 g/mol. The van der Waals surface area contributed by atoms with Gasteiger partial charge in [-0.1, -0.05) is 50.6 Å². The highest BCUT2D eigenvalue weighted by molar-refractivity contribution is 6.08. The van der Waals surface area contributed by atoms with Crippen molar-refractivity contribution in [1.29, 1.82) is 0 Å². The van der Waals surface area contributed by atoms with Gasteiger partial charge in [0.2, 0.25) is 0 Å². The summed E-state index contributed by atoms with van der Waals surface area (Å²) in [4.78, 5) is 18.0. The number of likely N-dealkylation sites (N-methyl/N-ethyl adjacent to an activating group) is 1. The number of carbonyl (C=O) groups is 1. The number of rotatable bonds is 1. The molecular weight excluding hydrogens is 332 g/mol. The molecule has 1 fully saturated rings. The molecule has 3 nitrogen and oxygen atoms in total. The fourth-order valence-corrected chi connectivity index (χ4v) is 4.60. The van der Waals surface area contributed by atoms with Gasteiger partial charge in [-0.05, 0) is 61.7 Å². The van der Waals surface area contributed by atoms with E-state index < -0.39 is 0 Å². The highest BCUT2D eigenvalue weighted by Gasteiger charge is 2.44. The SMILES string of the molecule is Cc1ccc2c(c1)C1CN(C)CCC1N2C(=O)c1ccc(C(C)(C)C)cc1. The second-order valence-electron chi connectivity index (χ2n) is 9.29. The van der Waals surface area contributed by atoms with Gasteiger partial charge in [-0.25, -0.2) is 0 Å². The third-order valence-corrected chi connectivity index (χ3v) is 6.17. The molecule has 1 amide bonds. The van der Waals surface area contributed by atoms with E-state index in [9.17, 15) is 4.79 Å². The molecule has 0 N–H and O–H groups in total. The van der Waals surface area contributed by atoms with E-state index in [-0.39, 0.29) is 17.4 Å². The number of likely N-dealkylation sites (tertiary alicyclic amines) is 1. The van der Waals surface area contributed by atoms with Gasteiger partial charge in [0, 0.05) is 29.8 Å². The van der Waals surface area contributed by atoms with Gasteiger partial charge in [0.05, 0.1) is 0 Å². The number of amides is 1. The van der Waals surface area contributed by atoms with Gasteiger partial charge in [0.25, 0.3) is 5.91 Å². The minimum atomic E-state index is 0.0956. The first-order chi connectivity index (χ1) is 12.8. The molecule has 3 heteroatoms. The summed E-state index contributed by atoms with van der Waals surface area (Å²) in [5, 5.41) is 0. The fraction of sp³-hybridized carbons (Fsp3) is 0.458. The average molecular weight is 363 g/mol. The number of carbonyl (C=O) groups excluding carboxylic acids is 1. The summed E-state index contributed by atoms with van der Waals surface area (Å²) in [7, 11) is 2.18. The molecule has 2 aromatic rings. The van der Waals surface area contributed by atoms with Gasteiger partial charge in [0.1, 0.15) is 0 Å². The number of piperidine rings is 1. The quantitative estimate of drug-likeness (QED) is 0.731. The second-order valence-corrected chi connectivity index (χ2v) is 9.29. The Hall–Kier alpha value is -2.13. The fourth-order valence-electron chi connectivity index (χ4n) is 4.60. The van der Waals surface area contributed by atoms with Crippen LogP contribution in [0.5, 0.6) is 0 Å². The lowest BCUT2D eigenvalue weighted by atomic mass is 9.86. The number of nitrogens with zero attached hydrogens (tertiary/aromatic N) is 2. The van der Waals surface area contributed by atoms with Gasteiger partial charge in [-0.2, -0.15) is 0 Å². The third-order valence-electron chi connectivity index (χ3n) is 6.17. The van der Waals surface area contributed by atoms with Gasteiger partial charge >= 0.3 is 0 Å². The lowest BCUT2D eigenvalue weighted by Crippen LogP contribution is -2.47. The average Bonchev–Trinajstić information content (AvgIpc) is 2.93. The van der Waals surface area contributed by atoms with Gasteiger partial charge in [-0.15, -0.1) is 0 Å². The summed E-state index contributed by atoms with van der Waals surface area (Å²) >= 11 is 0. The first-order valence-electron chi connectivity index (χ1n) is 9.99. The van der Waals surface area contributed by atoms with Crippen LogP contribution >= 0.6 is 0 Å². The van der Waals surface area contributed by atoms with E-state index in [1.807, 2.05) is 12.1 Å². The molecule has 0 bridgehead atoms. The van der Waals surface area contributed by atoms with E-state index in [0.29, 0.717) is 5.92 Å². The lowest BCUT2D eigenvalue weighted by Gasteiger charge is -2.36. The van der Waals surface area contributed by atoms with E-state index in [1.165, 1.54) is 16.7 Å². The maximum atomic E-state index is 13.5. The summed E-state index contributed by atoms with van der Waals surface area (Å²) in [5.41, 5.74) is 5.85. The zero-order valence-corrected chi connectivity index (χ0v) is 17.1. The smallest absolute Gasteiger partial charge is 0.258 e. The number of benzene rings is 2. The molecule has 2 atom stereocenters. The van der Waals surface area contributed by atoms with Crippen molar-refractivity contribution < 1.29 is 4.79 Å². The minimum absolute atomic E-state index is 0.0956.